The summed E-state index contributed by atoms with van der Waals surface area (Å²) in [5.74, 6) is 0.573. The van der Waals surface area contributed by atoms with Crippen molar-refractivity contribution in [1.29, 1.82) is 0 Å². The summed E-state index contributed by atoms with van der Waals surface area (Å²) in [5.41, 5.74) is 1.91. The molecule has 0 spiro atoms. The van der Waals surface area contributed by atoms with Crippen LogP contribution >= 0.6 is 11.6 Å². The van der Waals surface area contributed by atoms with E-state index >= 15 is 0 Å². The molecule has 0 unspecified atom stereocenters. The highest BCUT2D eigenvalue weighted by Gasteiger charge is 2.08. The average Bonchev–Trinajstić information content (AvgIpc) is 2.33. The van der Waals surface area contributed by atoms with Crippen LogP contribution in [0.25, 0.3) is 0 Å². The molecule has 1 amide bonds. The molecule has 0 aliphatic heterocycles. The zero-order valence-electron chi connectivity index (χ0n) is 11.3. The lowest BCUT2D eigenvalue weighted by Gasteiger charge is -2.13. The van der Waals surface area contributed by atoms with Gasteiger partial charge in [-0.25, -0.2) is 0 Å². The molecule has 0 fully saturated rings. The quantitative estimate of drug-likeness (QED) is 0.891. The van der Waals surface area contributed by atoms with Gasteiger partial charge >= 0.3 is 0 Å². The number of nitrogens with one attached hydrogen (secondary N) is 1. The van der Waals surface area contributed by atoms with Crippen molar-refractivity contribution in [2.24, 2.45) is 0 Å². The van der Waals surface area contributed by atoms with E-state index in [1.54, 1.807) is 0 Å². The number of hydrogen-bond donors (Lipinski definition) is 1. The van der Waals surface area contributed by atoms with Crippen molar-refractivity contribution in [3.63, 3.8) is 0 Å². The summed E-state index contributed by atoms with van der Waals surface area (Å²) in [5, 5.41) is 3.59. The summed E-state index contributed by atoms with van der Waals surface area (Å²) in [7, 11) is 0. The number of amides is 1. The molecule has 0 aromatic heterocycles. The maximum atomic E-state index is 11.6. The van der Waals surface area contributed by atoms with Crippen molar-refractivity contribution >= 4 is 17.5 Å². The van der Waals surface area contributed by atoms with Crippen LogP contribution in [0.5, 0.6) is 5.75 Å². The Kier molecular flexibility index (Phi) is 5.48. The van der Waals surface area contributed by atoms with Crippen molar-refractivity contribution in [2.45, 2.75) is 40.2 Å². The van der Waals surface area contributed by atoms with Crippen molar-refractivity contribution in [3.05, 3.63) is 28.3 Å². The number of aryl methyl sites for hydroxylation is 2. The van der Waals surface area contributed by atoms with Crippen LogP contribution in [0.3, 0.4) is 0 Å². The molecule has 18 heavy (non-hydrogen) atoms. The highest BCUT2D eigenvalue weighted by molar-refractivity contribution is 6.32. The molecule has 1 aromatic rings. The van der Waals surface area contributed by atoms with Crippen molar-refractivity contribution in [1.82, 2.24) is 5.32 Å². The fourth-order valence-corrected chi connectivity index (χ4v) is 1.67. The van der Waals surface area contributed by atoms with Crippen LogP contribution in [0.2, 0.25) is 5.02 Å². The Bertz CT molecular complexity index is 409. The largest absolute Gasteiger partial charge is 0.484 e. The second-order valence-electron chi connectivity index (χ2n) is 4.54. The summed E-state index contributed by atoms with van der Waals surface area (Å²) in [6.45, 7) is 7.86. The van der Waals surface area contributed by atoms with Crippen LogP contribution in [0.15, 0.2) is 12.1 Å². The lowest BCUT2D eigenvalue weighted by Crippen LogP contribution is -2.35. The van der Waals surface area contributed by atoms with Gasteiger partial charge in [-0.2, -0.15) is 0 Å². The van der Waals surface area contributed by atoms with Gasteiger partial charge in [0, 0.05) is 11.1 Å². The molecule has 0 bridgehead atoms. The van der Waals surface area contributed by atoms with E-state index < -0.39 is 0 Å². The molecule has 1 aromatic carbocycles. The predicted molar refractivity (Wildman–Crippen MR) is 74.3 cm³/mol. The highest BCUT2D eigenvalue weighted by Crippen LogP contribution is 2.25. The van der Waals surface area contributed by atoms with Crippen LogP contribution in [0.4, 0.5) is 0 Å². The summed E-state index contributed by atoms with van der Waals surface area (Å²) >= 11 is 6.07. The van der Waals surface area contributed by atoms with E-state index in [1.165, 1.54) is 0 Å². The van der Waals surface area contributed by atoms with E-state index in [9.17, 15) is 4.79 Å². The molecule has 4 heteroatoms. The van der Waals surface area contributed by atoms with Gasteiger partial charge in [-0.1, -0.05) is 18.5 Å². The molecule has 0 saturated carbocycles. The standard InChI is InChI=1S/C14H20ClNO2/c1-5-11(4)16-13(17)8-18-12-6-9(2)14(15)10(3)7-12/h6-7,11H,5,8H2,1-4H3,(H,16,17)/t11-/m1/s1. The molecule has 1 N–H and O–H groups in total. The third kappa shape index (κ3) is 4.22. The summed E-state index contributed by atoms with van der Waals surface area (Å²) in [6.07, 6.45) is 0.908. The van der Waals surface area contributed by atoms with E-state index in [0.29, 0.717) is 5.75 Å². The van der Waals surface area contributed by atoms with Gasteiger partial charge in [0.15, 0.2) is 6.61 Å². The van der Waals surface area contributed by atoms with E-state index in [2.05, 4.69) is 5.32 Å². The summed E-state index contributed by atoms with van der Waals surface area (Å²) in [6, 6.07) is 3.85. The zero-order valence-corrected chi connectivity index (χ0v) is 12.1. The van der Waals surface area contributed by atoms with Crippen LogP contribution < -0.4 is 10.1 Å². The maximum absolute atomic E-state index is 11.6. The Morgan fingerprint density at radius 1 is 1.39 bits per heavy atom. The van der Waals surface area contributed by atoms with Gasteiger partial charge in [-0.15, -0.1) is 0 Å². The van der Waals surface area contributed by atoms with E-state index in [1.807, 2.05) is 39.8 Å². The van der Waals surface area contributed by atoms with E-state index in [0.717, 1.165) is 22.6 Å². The minimum absolute atomic E-state index is 0.0326. The second-order valence-corrected chi connectivity index (χ2v) is 4.91. The van der Waals surface area contributed by atoms with Crippen molar-refractivity contribution < 1.29 is 9.53 Å². The maximum Gasteiger partial charge on any atom is 0.258 e. The van der Waals surface area contributed by atoms with E-state index in [-0.39, 0.29) is 18.6 Å². The average molecular weight is 270 g/mol. The first-order valence-corrected chi connectivity index (χ1v) is 6.50. The minimum atomic E-state index is -0.102. The summed E-state index contributed by atoms with van der Waals surface area (Å²) in [4.78, 5) is 11.6. The molecule has 3 nitrogen and oxygen atoms in total. The van der Waals surface area contributed by atoms with Crippen molar-refractivity contribution in [3.8, 4) is 5.75 Å². The van der Waals surface area contributed by atoms with Gasteiger partial charge in [0.2, 0.25) is 0 Å². The van der Waals surface area contributed by atoms with Gasteiger partial charge < -0.3 is 10.1 Å². The zero-order chi connectivity index (χ0) is 13.7. The number of ether oxygens (including phenoxy) is 1. The molecule has 0 aliphatic carbocycles. The first-order chi connectivity index (χ1) is 8.43. The Hall–Kier alpha value is -1.22. The third-order valence-corrected chi connectivity index (χ3v) is 3.40. The topological polar surface area (TPSA) is 38.3 Å². The molecule has 0 heterocycles. The number of hydrogen-bond acceptors (Lipinski definition) is 2. The van der Waals surface area contributed by atoms with Gasteiger partial charge in [-0.05, 0) is 50.5 Å². The molecule has 0 aliphatic rings. The smallest absolute Gasteiger partial charge is 0.258 e. The van der Waals surface area contributed by atoms with Gasteiger partial charge in [0.05, 0.1) is 0 Å². The normalized spacial score (nSPS) is 12.1. The van der Waals surface area contributed by atoms with Gasteiger partial charge in [0.25, 0.3) is 5.91 Å². The van der Waals surface area contributed by atoms with Gasteiger partial charge in [0.1, 0.15) is 5.75 Å². The second kappa shape index (κ2) is 6.64. The molecular formula is C14H20ClNO2. The van der Waals surface area contributed by atoms with Gasteiger partial charge in [-0.3, -0.25) is 4.79 Å². The number of benzene rings is 1. The molecule has 1 rings (SSSR count). The molecule has 100 valence electrons. The monoisotopic (exact) mass is 269 g/mol. The van der Waals surface area contributed by atoms with Crippen molar-refractivity contribution in [2.75, 3.05) is 6.61 Å². The molecule has 1 atom stereocenters. The lowest BCUT2D eigenvalue weighted by molar-refractivity contribution is -0.123. The number of carbonyl (C=O) groups is 1. The Labute approximate surface area is 113 Å². The Balaban J connectivity index is 2.56. The SMILES string of the molecule is CC[C@@H](C)NC(=O)COc1cc(C)c(Cl)c(C)c1. The van der Waals surface area contributed by atoms with Crippen LogP contribution in [-0.4, -0.2) is 18.6 Å². The summed E-state index contributed by atoms with van der Waals surface area (Å²) < 4.78 is 5.46. The Morgan fingerprint density at radius 3 is 2.44 bits per heavy atom. The van der Waals surface area contributed by atoms with Crippen LogP contribution in [0, 0.1) is 13.8 Å². The predicted octanol–water partition coefficient (Wildman–Crippen LogP) is 3.25. The number of halogens is 1. The first-order valence-electron chi connectivity index (χ1n) is 6.13. The number of rotatable bonds is 5. The van der Waals surface area contributed by atoms with Crippen LogP contribution in [0.1, 0.15) is 31.4 Å². The molecular weight excluding hydrogens is 250 g/mol. The molecule has 0 radical (unpaired) electrons. The highest BCUT2D eigenvalue weighted by atomic mass is 35.5. The molecule has 0 saturated heterocycles. The fourth-order valence-electron chi connectivity index (χ4n) is 1.56. The van der Waals surface area contributed by atoms with Crippen LogP contribution in [-0.2, 0) is 4.79 Å². The fraction of sp³-hybridized carbons (Fsp3) is 0.500. The lowest BCUT2D eigenvalue weighted by atomic mass is 10.1. The number of carbonyl (C=O) groups excluding carboxylic acids is 1. The minimum Gasteiger partial charge on any atom is -0.484 e. The Morgan fingerprint density at radius 2 is 1.94 bits per heavy atom. The first kappa shape index (κ1) is 14.8. The van der Waals surface area contributed by atoms with E-state index in [4.69, 9.17) is 16.3 Å². The third-order valence-electron chi connectivity index (χ3n) is 2.80.